The fourth-order valence-corrected chi connectivity index (χ4v) is 1.76. The van der Waals surface area contributed by atoms with Gasteiger partial charge in [-0.25, -0.2) is 0 Å². The Bertz CT molecular complexity index is 534. The number of amides is 1. The van der Waals surface area contributed by atoms with Gasteiger partial charge in [0.15, 0.2) is 0 Å². The molecule has 1 heterocycles. The molecule has 0 aliphatic carbocycles. The average molecular weight is 250 g/mol. The van der Waals surface area contributed by atoms with Crippen LogP contribution in [0.25, 0.3) is 0 Å². The van der Waals surface area contributed by atoms with Crippen LogP contribution in [0.2, 0.25) is 5.02 Å². The van der Waals surface area contributed by atoms with Gasteiger partial charge >= 0.3 is 0 Å². The number of nitrogens with one attached hydrogen (secondary N) is 1. The maximum atomic E-state index is 11.8. The van der Waals surface area contributed by atoms with Crippen LogP contribution >= 0.6 is 11.6 Å². The van der Waals surface area contributed by atoms with Crippen LogP contribution in [0, 0.1) is 6.92 Å². The molecule has 88 valence electrons. The molecule has 0 aliphatic rings. The van der Waals surface area contributed by atoms with E-state index in [0.717, 1.165) is 5.56 Å². The summed E-state index contributed by atoms with van der Waals surface area (Å²) < 4.78 is 5.07. The Labute approximate surface area is 104 Å². The van der Waals surface area contributed by atoms with E-state index in [0.29, 0.717) is 22.9 Å². The van der Waals surface area contributed by atoms with Crippen molar-refractivity contribution >= 4 is 17.5 Å². The quantitative estimate of drug-likeness (QED) is 0.908. The predicted octanol–water partition coefficient (Wildman–Crippen LogP) is 3.17. The number of furan rings is 1. The van der Waals surface area contributed by atoms with Crippen LogP contribution in [0.4, 0.5) is 0 Å². The molecular formula is C13H12ClNO2. The first-order chi connectivity index (χ1) is 8.16. The molecule has 0 saturated heterocycles. The van der Waals surface area contributed by atoms with Gasteiger partial charge in [-0.15, -0.1) is 0 Å². The minimum absolute atomic E-state index is 0.142. The monoisotopic (exact) mass is 249 g/mol. The molecule has 1 N–H and O–H groups in total. The van der Waals surface area contributed by atoms with Gasteiger partial charge in [0, 0.05) is 11.6 Å². The lowest BCUT2D eigenvalue weighted by Gasteiger charge is -2.04. The second-order valence-electron chi connectivity index (χ2n) is 3.70. The third-order valence-electron chi connectivity index (χ3n) is 2.45. The summed E-state index contributed by atoms with van der Waals surface area (Å²) in [6.45, 7) is 2.21. The van der Waals surface area contributed by atoms with Gasteiger partial charge in [-0.2, -0.15) is 0 Å². The number of aryl methyl sites for hydroxylation is 1. The smallest absolute Gasteiger partial charge is 0.255 e. The van der Waals surface area contributed by atoms with Gasteiger partial charge in [0.1, 0.15) is 5.76 Å². The Morgan fingerprint density at radius 2 is 2.24 bits per heavy atom. The molecule has 3 nitrogen and oxygen atoms in total. The zero-order valence-corrected chi connectivity index (χ0v) is 10.1. The summed E-state index contributed by atoms with van der Waals surface area (Å²) in [6.07, 6.45) is 1.50. The number of carbonyl (C=O) groups is 1. The zero-order chi connectivity index (χ0) is 12.3. The van der Waals surface area contributed by atoms with Crippen molar-refractivity contribution in [3.8, 4) is 0 Å². The summed E-state index contributed by atoms with van der Waals surface area (Å²) in [4.78, 5) is 11.8. The molecule has 0 saturated carbocycles. The van der Waals surface area contributed by atoms with E-state index in [1.54, 1.807) is 19.1 Å². The molecule has 0 fully saturated rings. The van der Waals surface area contributed by atoms with Crippen molar-refractivity contribution in [2.75, 3.05) is 0 Å². The van der Waals surface area contributed by atoms with Crippen LogP contribution in [-0.4, -0.2) is 5.91 Å². The van der Waals surface area contributed by atoms with Crippen LogP contribution in [0.5, 0.6) is 0 Å². The van der Waals surface area contributed by atoms with Crippen LogP contribution in [0.3, 0.4) is 0 Å². The van der Waals surface area contributed by atoms with E-state index in [2.05, 4.69) is 5.32 Å². The molecule has 0 radical (unpaired) electrons. The predicted molar refractivity (Wildman–Crippen MR) is 66.1 cm³/mol. The van der Waals surface area contributed by atoms with E-state index in [4.69, 9.17) is 16.0 Å². The van der Waals surface area contributed by atoms with E-state index >= 15 is 0 Å². The molecule has 4 heteroatoms. The summed E-state index contributed by atoms with van der Waals surface area (Å²) in [5.74, 6) is 0.477. The number of halogens is 1. The van der Waals surface area contributed by atoms with Crippen LogP contribution in [-0.2, 0) is 6.54 Å². The topological polar surface area (TPSA) is 42.2 Å². The van der Waals surface area contributed by atoms with Gasteiger partial charge in [-0.3, -0.25) is 4.79 Å². The normalized spacial score (nSPS) is 10.2. The van der Waals surface area contributed by atoms with Crippen molar-refractivity contribution in [3.63, 3.8) is 0 Å². The number of benzene rings is 1. The third-order valence-corrected chi connectivity index (χ3v) is 2.68. The number of hydrogen-bond acceptors (Lipinski definition) is 2. The molecule has 1 amide bonds. The highest BCUT2D eigenvalue weighted by molar-refractivity contribution is 6.30. The second-order valence-corrected chi connectivity index (χ2v) is 4.14. The highest BCUT2D eigenvalue weighted by atomic mass is 35.5. The molecule has 0 bridgehead atoms. The lowest BCUT2D eigenvalue weighted by Crippen LogP contribution is -2.22. The SMILES string of the molecule is Cc1occc1C(=O)NCc1cccc(Cl)c1. The molecule has 1 aromatic carbocycles. The van der Waals surface area contributed by atoms with Crippen molar-refractivity contribution < 1.29 is 9.21 Å². The Morgan fingerprint density at radius 1 is 1.41 bits per heavy atom. The molecule has 0 aliphatic heterocycles. The lowest BCUT2D eigenvalue weighted by molar-refractivity contribution is 0.0949. The Kier molecular flexibility index (Phi) is 3.49. The second kappa shape index (κ2) is 5.06. The van der Waals surface area contributed by atoms with Crippen molar-refractivity contribution in [2.24, 2.45) is 0 Å². The molecule has 2 rings (SSSR count). The lowest BCUT2D eigenvalue weighted by atomic mass is 10.2. The Hall–Kier alpha value is -1.74. The first-order valence-corrected chi connectivity index (χ1v) is 5.61. The van der Waals surface area contributed by atoms with E-state index < -0.39 is 0 Å². The first kappa shape index (κ1) is 11.7. The van der Waals surface area contributed by atoms with Gasteiger partial charge in [0.05, 0.1) is 11.8 Å². The standard InChI is InChI=1S/C13H12ClNO2/c1-9-12(5-6-17-9)13(16)15-8-10-3-2-4-11(14)7-10/h2-7H,8H2,1H3,(H,15,16). The Morgan fingerprint density at radius 3 is 2.88 bits per heavy atom. The van der Waals surface area contributed by atoms with Crippen molar-refractivity contribution in [1.29, 1.82) is 0 Å². The number of rotatable bonds is 3. The highest BCUT2D eigenvalue weighted by Gasteiger charge is 2.10. The summed E-state index contributed by atoms with van der Waals surface area (Å²) >= 11 is 5.86. The summed E-state index contributed by atoms with van der Waals surface area (Å²) in [6, 6.07) is 9.04. The van der Waals surface area contributed by atoms with Crippen LogP contribution in [0.15, 0.2) is 41.0 Å². The highest BCUT2D eigenvalue weighted by Crippen LogP contribution is 2.11. The van der Waals surface area contributed by atoms with E-state index in [1.807, 2.05) is 18.2 Å². The maximum absolute atomic E-state index is 11.8. The summed E-state index contributed by atoms with van der Waals surface area (Å²) in [5.41, 5.74) is 1.53. The van der Waals surface area contributed by atoms with Gasteiger partial charge in [-0.1, -0.05) is 23.7 Å². The van der Waals surface area contributed by atoms with E-state index in [-0.39, 0.29) is 5.91 Å². The fourth-order valence-electron chi connectivity index (χ4n) is 1.55. The van der Waals surface area contributed by atoms with Crippen LogP contribution < -0.4 is 5.32 Å². The zero-order valence-electron chi connectivity index (χ0n) is 9.37. The fraction of sp³-hybridized carbons (Fsp3) is 0.154. The minimum atomic E-state index is -0.142. The molecule has 17 heavy (non-hydrogen) atoms. The largest absolute Gasteiger partial charge is 0.469 e. The van der Waals surface area contributed by atoms with Gasteiger partial charge in [0.2, 0.25) is 0 Å². The third kappa shape index (κ3) is 2.88. The molecule has 0 atom stereocenters. The molecular weight excluding hydrogens is 238 g/mol. The van der Waals surface area contributed by atoms with Gasteiger partial charge in [-0.05, 0) is 30.7 Å². The average Bonchev–Trinajstić information content (AvgIpc) is 2.72. The molecule has 0 unspecified atom stereocenters. The maximum Gasteiger partial charge on any atom is 0.255 e. The number of carbonyl (C=O) groups excluding carboxylic acids is 1. The molecule has 0 spiro atoms. The molecule has 2 aromatic rings. The van der Waals surface area contributed by atoms with Crippen molar-refractivity contribution in [3.05, 3.63) is 58.5 Å². The van der Waals surface area contributed by atoms with Gasteiger partial charge in [0.25, 0.3) is 5.91 Å². The summed E-state index contributed by atoms with van der Waals surface area (Å²) in [5, 5.41) is 3.48. The van der Waals surface area contributed by atoms with Crippen molar-refractivity contribution in [2.45, 2.75) is 13.5 Å². The summed E-state index contributed by atoms with van der Waals surface area (Å²) in [7, 11) is 0. The molecule has 1 aromatic heterocycles. The Balaban J connectivity index is 1.99. The van der Waals surface area contributed by atoms with E-state index in [9.17, 15) is 4.79 Å². The number of hydrogen-bond donors (Lipinski definition) is 1. The first-order valence-electron chi connectivity index (χ1n) is 5.23. The van der Waals surface area contributed by atoms with Crippen LogP contribution in [0.1, 0.15) is 21.7 Å². The van der Waals surface area contributed by atoms with Gasteiger partial charge < -0.3 is 9.73 Å². The van der Waals surface area contributed by atoms with Crippen molar-refractivity contribution in [1.82, 2.24) is 5.32 Å². The minimum Gasteiger partial charge on any atom is -0.469 e. The van der Waals surface area contributed by atoms with E-state index in [1.165, 1.54) is 6.26 Å².